The minimum absolute atomic E-state index is 0.115. The third-order valence-corrected chi connectivity index (χ3v) is 4.17. The Balaban J connectivity index is 0.000000260. The molecule has 2 aromatic heterocycles. The maximum atomic E-state index is 5.81. The second kappa shape index (κ2) is 7.29. The lowest BCUT2D eigenvalue weighted by atomic mass is 9.93. The van der Waals surface area contributed by atoms with Gasteiger partial charge in [0.2, 0.25) is 0 Å². The van der Waals surface area contributed by atoms with Gasteiger partial charge in [-0.15, -0.1) is 0 Å². The van der Waals surface area contributed by atoms with E-state index in [2.05, 4.69) is 107 Å². The Labute approximate surface area is 161 Å². The fraction of sp³-hybridized carbons (Fsp3) is 0.667. The quantitative estimate of drug-likeness (QED) is 0.480. The average molecular weight is 361 g/mol. The fourth-order valence-corrected chi connectivity index (χ4v) is 2.29. The van der Waals surface area contributed by atoms with Crippen LogP contribution < -0.4 is 0 Å². The van der Waals surface area contributed by atoms with E-state index in [0.29, 0.717) is 0 Å². The summed E-state index contributed by atoms with van der Waals surface area (Å²) in [4.78, 5) is 0. The van der Waals surface area contributed by atoms with Crippen LogP contribution in [-0.4, -0.2) is 0 Å². The van der Waals surface area contributed by atoms with Gasteiger partial charge in [0, 0.05) is 21.7 Å². The first-order valence-corrected chi connectivity index (χ1v) is 9.64. The third-order valence-electron chi connectivity index (χ3n) is 4.17. The summed E-state index contributed by atoms with van der Waals surface area (Å²) in [5, 5.41) is 0. The predicted molar refractivity (Wildman–Crippen MR) is 112 cm³/mol. The van der Waals surface area contributed by atoms with Crippen molar-refractivity contribution < 1.29 is 8.83 Å². The zero-order valence-corrected chi connectivity index (χ0v) is 19.1. The molecule has 2 aromatic rings. The minimum atomic E-state index is 0.115. The van der Waals surface area contributed by atoms with Crippen LogP contribution in [0.4, 0.5) is 0 Å². The van der Waals surface area contributed by atoms with Crippen molar-refractivity contribution in [3.63, 3.8) is 0 Å². The molecule has 148 valence electrons. The van der Waals surface area contributed by atoms with Gasteiger partial charge < -0.3 is 8.83 Å². The normalized spacial score (nSPS) is 13.4. The molecular formula is C24H40O2. The van der Waals surface area contributed by atoms with Gasteiger partial charge in [0.15, 0.2) is 0 Å². The van der Waals surface area contributed by atoms with E-state index in [1.807, 2.05) is 0 Å². The summed E-state index contributed by atoms with van der Waals surface area (Å²) in [7, 11) is 0. The second-order valence-corrected chi connectivity index (χ2v) is 11.3. The topological polar surface area (TPSA) is 26.3 Å². The van der Waals surface area contributed by atoms with Crippen molar-refractivity contribution in [1.82, 2.24) is 0 Å². The van der Waals surface area contributed by atoms with Crippen molar-refractivity contribution in [3.8, 4) is 0 Å². The molecule has 0 amide bonds. The van der Waals surface area contributed by atoms with Gasteiger partial charge in [-0.05, 0) is 24.3 Å². The fourth-order valence-electron chi connectivity index (χ4n) is 2.29. The largest absolute Gasteiger partial charge is 0.465 e. The van der Waals surface area contributed by atoms with Gasteiger partial charge in [-0.3, -0.25) is 0 Å². The molecule has 0 aliphatic carbocycles. The van der Waals surface area contributed by atoms with Crippen LogP contribution in [-0.2, 0) is 21.7 Å². The zero-order valence-electron chi connectivity index (χ0n) is 19.1. The van der Waals surface area contributed by atoms with Crippen molar-refractivity contribution in [3.05, 3.63) is 47.3 Å². The van der Waals surface area contributed by atoms with E-state index in [1.54, 1.807) is 0 Å². The molecule has 0 saturated carbocycles. The van der Waals surface area contributed by atoms with E-state index >= 15 is 0 Å². The molecular weight excluding hydrogens is 320 g/mol. The van der Waals surface area contributed by atoms with Crippen LogP contribution in [0.5, 0.6) is 0 Å². The number of furan rings is 2. The first-order valence-electron chi connectivity index (χ1n) is 9.64. The van der Waals surface area contributed by atoms with Crippen LogP contribution in [0.2, 0.25) is 0 Å². The average Bonchev–Trinajstić information content (AvgIpc) is 3.06. The van der Waals surface area contributed by atoms with Crippen LogP contribution in [0.25, 0.3) is 0 Å². The molecule has 0 radical (unpaired) electrons. The van der Waals surface area contributed by atoms with E-state index in [0.717, 1.165) is 23.0 Å². The lowest BCUT2D eigenvalue weighted by Gasteiger charge is -2.17. The molecule has 26 heavy (non-hydrogen) atoms. The molecule has 0 N–H and O–H groups in total. The number of rotatable bonds is 0. The van der Waals surface area contributed by atoms with E-state index in [9.17, 15) is 0 Å². The lowest BCUT2D eigenvalue weighted by Crippen LogP contribution is -2.11. The maximum absolute atomic E-state index is 5.81. The van der Waals surface area contributed by atoms with Crippen LogP contribution in [0.3, 0.4) is 0 Å². The van der Waals surface area contributed by atoms with Gasteiger partial charge in [-0.25, -0.2) is 0 Å². The molecule has 0 spiro atoms. The highest BCUT2D eigenvalue weighted by Crippen LogP contribution is 2.31. The summed E-state index contributed by atoms with van der Waals surface area (Å²) in [5.74, 6) is 4.27. The minimum Gasteiger partial charge on any atom is -0.465 e. The standard InChI is InChI=1S/2C12H20O/c2*1-11(2,3)9-7-8-10(13-9)12(4,5)6/h2*7-8H,1-6H3. The van der Waals surface area contributed by atoms with Crippen LogP contribution in [0.1, 0.15) is 106 Å². The predicted octanol–water partition coefficient (Wildman–Crippen LogP) is 7.75. The Morgan fingerprint density at radius 3 is 0.615 bits per heavy atom. The molecule has 2 heterocycles. The first-order chi connectivity index (χ1) is 11.4. The van der Waals surface area contributed by atoms with Gasteiger partial charge in [-0.1, -0.05) is 83.1 Å². The van der Waals surface area contributed by atoms with Gasteiger partial charge in [0.1, 0.15) is 23.0 Å². The van der Waals surface area contributed by atoms with Crippen molar-refractivity contribution in [2.45, 2.75) is 105 Å². The molecule has 2 nitrogen and oxygen atoms in total. The summed E-state index contributed by atoms with van der Waals surface area (Å²) >= 11 is 0. The van der Waals surface area contributed by atoms with Crippen LogP contribution in [0.15, 0.2) is 33.1 Å². The Morgan fingerprint density at radius 1 is 0.385 bits per heavy atom. The second-order valence-electron chi connectivity index (χ2n) is 11.3. The number of hydrogen-bond acceptors (Lipinski definition) is 2. The Morgan fingerprint density at radius 2 is 0.538 bits per heavy atom. The summed E-state index contributed by atoms with van der Waals surface area (Å²) < 4.78 is 11.6. The molecule has 0 aromatic carbocycles. The van der Waals surface area contributed by atoms with E-state index in [4.69, 9.17) is 8.83 Å². The van der Waals surface area contributed by atoms with Crippen LogP contribution in [0, 0.1) is 0 Å². The van der Waals surface area contributed by atoms with Crippen LogP contribution >= 0.6 is 0 Å². The van der Waals surface area contributed by atoms with Gasteiger partial charge in [0.05, 0.1) is 0 Å². The number of hydrogen-bond donors (Lipinski definition) is 0. The van der Waals surface area contributed by atoms with E-state index < -0.39 is 0 Å². The SMILES string of the molecule is CC(C)(C)c1ccc(C(C)(C)C)o1.CC(C)(C)c1ccc(C(C)(C)C)o1. The molecule has 0 bridgehead atoms. The first kappa shape index (κ1) is 22.6. The highest BCUT2D eigenvalue weighted by molar-refractivity contribution is 5.19. The van der Waals surface area contributed by atoms with Gasteiger partial charge >= 0.3 is 0 Å². The van der Waals surface area contributed by atoms with Crippen molar-refractivity contribution in [2.24, 2.45) is 0 Å². The Kier molecular flexibility index (Phi) is 6.34. The third kappa shape index (κ3) is 6.37. The summed E-state index contributed by atoms with van der Waals surface area (Å²) in [6.45, 7) is 26.0. The molecule has 0 aliphatic heterocycles. The lowest BCUT2D eigenvalue weighted by molar-refractivity contribution is 0.344. The molecule has 0 aliphatic rings. The monoisotopic (exact) mass is 360 g/mol. The van der Waals surface area contributed by atoms with E-state index in [-0.39, 0.29) is 21.7 Å². The molecule has 0 atom stereocenters. The molecule has 2 heteroatoms. The highest BCUT2D eigenvalue weighted by Gasteiger charge is 2.24. The van der Waals surface area contributed by atoms with Gasteiger partial charge in [0.25, 0.3) is 0 Å². The Hall–Kier alpha value is -1.44. The highest BCUT2D eigenvalue weighted by atomic mass is 16.3. The Bertz CT molecular complexity index is 567. The molecule has 2 rings (SSSR count). The van der Waals surface area contributed by atoms with Gasteiger partial charge in [-0.2, -0.15) is 0 Å². The van der Waals surface area contributed by atoms with E-state index in [1.165, 1.54) is 0 Å². The summed E-state index contributed by atoms with van der Waals surface area (Å²) in [5.41, 5.74) is 0.458. The van der Waals surface area contributed by atoms with Crippen molar-refractivity contribution in [1.29, 1.82) is 0 Å². The summed E-state index contributed by atoms with van der Waals surface area (Å²) in [6.07, 6.45) is 0. The molecule has 0 fully saturated rings. The molecule has 0 unspecified atom stereocenters. The smallest absolute Gasteiger partial charge is 0.109 e. The zero-order chi connectivity index (χ0) is 20.6. The molecule has 0 saturated heterocycles. The van der Waals surface area contributed by atoms with Crippen molar-refractivity contribution >= 4 is 0 Å². The summed E-state index contributed by atoms with van der Waals surface area (Å²) in [6, 6.07) is 8.34. The van der Waals surface area contributed by atoms with Crippen molar-refractivity contribution in [2.75, 3.05) is 0 Å². The maximum Gasteiger partial charge on any atom is 0.109 e.